The summed E-state index contributed by atoms with van der Waals surface area (Å²) in [5.41, 5.74) is 0.549. The predicted molar refractivity (Wildman–Crippen MR) is 48.0 cm³/mol. The molecule has 0 spiro atoms. The van der Waals surface area contributed by atoms with Crippen LogP contribution < -0.4 is 5.32 Å². The lowest BCUT2D eigenvalue weighted by molar-refractivity contribution is 0.493. The Labute approximate surface area is 67.3 Å². The van der Waals surface area contributed by atoms with Crippen molar-refractivity contribution in [2.45, 2.75) is 25.1 Å². The zero-order valence-electron chi connectivity index (χ0n) is 6.68. The monoisotopic (exact) mass is 157 g/mol. The maximum atomic E-state index is 3.71. The SMILES string of the molecule is C=CSC(NC)C1(C)CC1. The Morgan fingerprint density at radius 3 is 2.60 bits per heavy atom. The quantitative estimate of drug-likeness (QED) is 0.628. The minimum Gasteiger partial charge on any atom is -0.308 e. The lowest BCUT2D eigenvalue weighted by atomic mass is 10.1. The molecule has 0 aromatic heterocycles. The second-order valence-electron chi connectivity index (χ2n) is 3.13. The van der Waals surface area contributed by atoms with Gasteiger partial charge in [-0.3, -0.25) is 0 Å². The number of rotatable bonds is 4. The van der Waals surface area contributed by atoms with E-state index < -0.39 is 0 Å². The van der Waals surface area contributed by atoms with Gasteiger partial charge in [0.2, 0.25) is 0 Å². The van der Waals surface area contributed by atoms with Crippen LogP contribution in [0.2, 0.25) is 0 Å². The number of thioether (sulfide) groups is 1. The van der Waals surface area contributed by atoms with Gasteiger partial charge in [-0.2, -0.15) is 0 Å². The summed E-state index contributed by atoms with van der Waals surface area (Å²) in [5, 5.41) is 5.79. The number of hydrogen-bond donors (Lipinski definition) is 1. The molecule has 0 aromatic rings. The van der Waals surface area contributed by atoms with Crippen LogP contribution in [0.5, 0.6) is 0 Å². The topological polar surface area (TPSA) is 12.0 Å². The lowest BCUT2D eigenvalue weighted by Crippen LogP contribution is -2.29. The van der Waals surface area contributed by atoms with Crippen molar-refractivity contribution in [3.63, 3.8) is 0 Å². The number of hydrogen-bond acceptors (Lipinski definition) is 2. The summed E-state index contributed by atoms with van der Waals surface area (Å²) < 4.78 is 0. The molecule has 0 aliphatic heterocycles. The summed E-state index contributed by atoms with van der Waals surface area (Å²) in [5.74, 6) is 0. The molecule has 1 aliphatic carbocycles. The van der Waals surface area contributed by atoms with Gasteiger partial charge in [0, 0.05) is 0 Å². The molecule has 0 radical (unpaired) electrons. The van der Waals surface area contributed by atoms with Crippen molar-refractivity contribution in [3.05, 3.63) is 12.0 Å². The summed E-state index contributed by atoms with van der Waals surface area (Å²) in [6.07, 6.45) is 2.72. The van der Waals surface area contributed by atoms with Crippen LogP contribution in [-0.4, -0.2) is 12.4 Å². The smallest absolute Gasteiger partial charge is 0.0625 e. The van der Waals surface area contributed by atoms with Gasteiger partial charge in [-0.05, 0) is 30.7 Å². The maximum Gasteiger partial charge on any atom is 0.0625 e. The first-order chi connectivity index (χ1) is 4.73. The average molecular weight is 157 g/mol. The van der Waals surface area contributed by atoms with E-state index in [1.54, 1.807) is 11.8 Å². The van der Waals surface area contributed by atoms with Crippen molar-refractivity contribution >= 4 is 11.8 Å². The molecule has 0 amide bonds. The van der Waals surface area contributed by atoms with Crippen LogP contribution in [0.1, 0.15) is 19.8 Å². The molecule has 0 aromatic carbocycles. The van der Waals surface area contributed by atoms with E-state index in [1.807, 2.05) is 12.5 Å². The van der Waals surface area contributed by atoms with Gasteiger partial charge in [0.1, 0.15) is 0 Å². The zero-order valence-corrected chi connectivity index (χ0v) is 7.50. The molecule has 1 saturated carbocycles. The third-order valence-corrected chi connectivity index (χ3v) is 3.44. The fraction of sp³-hybridized carbons (Fsp3) is 0.750. The molecule has 1 atom stereocenters. The minimum atomic E-state index is 0.549. The van der Waals surface area contributed by atoms with E-state index in [0.29, 0.717) is 10.8 Å². The van der Waals surface area contributed by atoms with Crippen molar-refractivity contribution in [3.8, 4) is 0 Å². The van der Waals surface area contributed by atoms with E-state index in [-0.39, 0.29) is 0 Å². The molecule has 2 heteroatoms. The van der Waals surface area contributed by atoms with E-state index in [0.717, 1.165) is 0 Å². The summed E-state index contributed by atoms with van der Waals surface area (Å²) in [4.78, 5) is 0. The van der Waals surface area contributed by atoms with Gasteiger partial charge in [-0.25, -0.2) is 0 Å². The molecular weight excluding hydrogens is 142 g/mol. The van der Waals surface area contributed by atoms with Crippen LogP contribution in [-0.2, 0) is 0 Å². The van der Waals surface area contributed by atoms with Gasteiger partial charge in [0.25, 0.3) is 0 Å². The van der Waals surface area contributed by atoms with Crippen molar-refractivity contribution in [1.82, 2.24) is 5.32 Å². The summed E-state index contributed by atoms with van der Waals surface area (Å²) >= 11 is 1.80. The van der Waals surface area contributed by atoms with E-state index in [4.69, 9.17) is 0 Å². The zero-order chi connectivity index (χ0) is 7.61. The molecule has 1 N–H and O–H groups in total. The first kappa shape index (κ1) is 8.15. The molecule has 0 heterocycles. The van der Waals surface area contributed by atoms with Crippen LogP contribution in [0.25, 0.3) is 0 Å². The molecule has 58 valence electrons. The molecular formula is C8H15NS. The first-order valence-corrected chi connectivity index (χ1v) is 4.61. The maximum absolute atomic E-state index is 3.71. The molecule has 10 heavy (non-hydrogen) atoms. The van der Waals surface area contributed by atoms with Crippen molar-refractivity contribution in [2.24, 2.45) is 5.41 Å². The third kappa shape index (κ3) is 1.55. The van der Waals surface area contributed by atoms with Crippen LogP contribution in [0.15, 0.2) is 12.0 Å². The van der Waals surface area contributed by atoms with E-state index in [2.05, 4.69) is 18.8 Å². The highest BCUT2D eigenvalue weighted by atomic mass is 32.2. The largest absolute Gasteiger partial charge is 0.308 e. The molecule has 0 saturated heterocycles. The fourth-order valence-corrected chi connectivity index (χ4v) is 2.03. The highest BCUT2D eigenvalue weighted by molar-refractivity contribution is 8.02. The second kappa shape index (κ2) is 2.97. The molecule has 1 aliphatic rings. The van der Waals surface area contributed by atoms with Gasteiger partial charge in [0.15, 0.2) is 0 Å². The van der Waals surface area contributed by atoms with Gasteiger partial charge in [0.05, 0.1) is 5.37 Å². The summed E-state index contributed by atoms with van der Waals surface area (Å²) in [6, 6.07) is 0. The Morgan fingerprint density at radius 2 is 2.30 bits per heavy atom. The lowest BCUT2D eigenvalue weighted by Gasteiger charge is -2.20. The van der Waals surface area contributed by atoms with Gasteiger partial charge < -0.3 is 5.32 Å². The van der Waals surface area contributed by atoms with Gasteiger partial charge >= 0.3 is 0 Å². The van der Waals surface area contributed by atoms with Crippen LogP contribution in [0.4, 0.5) is 0 Å². The Kier molecular flexibility index (Phi) is 2.42. The average Bonchev–Trinajstić information content (AvgIpc) is 2.64. The summed E-state index contributed by atoms with van der Waals surface area (Å²) in [6.45, 7) is 6.04. The predicted octanol–water partition coefficient (Wildman–Crippen LogP) is 2.21. The Bertz CT molecular complexity index is 129. The summed E-state index contributed by atoms with van der Waals surface area (Å²) in [7, 11) is 2.02. The van der Waals surface area contributed by atoms with Crippen LogP contribution in [0.3, 0.4) is 0 Å². The molecule has 1 rings (SSSR count). The fourth-order valence-electron chi connectivity index (χ4n) is 1.14. The van der Waals surface area contributed by atoms with Gasteiger partial charge in [-0.15, -0.1) is 11.8 Å². The van der Waals surface area contributed by atoms with E-state index in [1.165, 1.54) is 12.8 Å². The van der Waals surface area contributed by atoms with E-state index >= 15 is 0 Å². The van der Waals surface area contributed by atoms with Crippen LogP contribution >= 0.6 is 11.8 Å². The molecule has 1 nitrogen and oxygen atoms in total. The first-order valence-electron chi connectivity index (χ1n) is 3.66. The van der Waals surface area contributed by atoms with Crippen molar-refractivity contribution in [2.75, 3.05) is 7.05 Å². The van der Waals surface area contributed by atoms with Gasteiger partial charge in [-0.1, -0.05) is 13.5 Å². The minimum absolute atomic E-state index is 0.549. The normalized spacial score (nSPS) is 23.8. The number of nitrogens with one attached hydrogen (secondary N) is 1. The standard InChI is InChI=1S/C8H15NS/c1-4-10-7(9-3)8(2)5-6-8/h4,7,9H,1,5-6H2,2-3H3. The second-order valence-corrected chi connectivity index (χ2v) is 4.20. The highest BCUT2D eigenvalue weighted by Gasteiger charge is 2.43. The Balaban J connectivity index is 2.39. The molecule has 1 unspecified atom stereocenters. The van der Waals surface area contributed by atoms with E-state index in [9.17, 15) is 0 Å². The van der Waals surface area contributed by atoms with Crippen molar-refractivity contribution < 1.29 is 0 Å². The molecule has 0 bridgehead atoms. The van der Waals surface area contributed by atoms with Crippen LogP contribution in [0, 0.1) is 5.41 Å². The highest BCUT2D eigenvalue weighted by Crippen LogP contribution is 2.51. The van der Waals surface area contributed by atoms with Crippen molar-refractivity contribution in [1.29, 1.82) is 0 Å². The molecule has 1 fully saturated rings. The Hall–Kier alpha value is 0.0500. The Morgan fingerprint density at radius 1 is 1.70 bits per heavy atom. The third-order valence-electron chi connectivity index (χ3n) is 2.17.